The first-order valence-corrected chi connectivity index (χ1v) is 9.14. The van der Waals surface area contributed by atoms with Crippen molar-refractivity contribution >= 4 is 34.6 Å². The first-order valence-electron chi connectivity index (χ1n) is 9.14. The number of nitrogens with zero attached hydrogens (tertiary/aromatic N) is 1. The van der Waals surface area contributed by atoms with Crippen molar-refractivity contribution in [2.75, 3.05) is 11.9 Å². The Bertz CT molecular complexity index is 1030. The predicted octanol–water partition coefficient (Wildman–Crippen LogP) is 3.58. The fourth-order valence-corrected chi connectivity index (χ4v) is 2.69. The zero-order chi connectivity index (χ0) is 20.8. The molecule has 8 nitrogen and oxygen atoms in total. The van der Waals surface area contributed by atoms with E-state index in [0.29, 0.717) is 22.4 Å². The highest BCUT2D eigenvalue weighted by molar-refractivity contribution is 6.03. The van der Waals surface area contributed by atoms with Crippen LogP contribution in [0.2, 0.25) is 0 Å². The SMILES string of the molecule is CCOC(=O)c1ccc(NC(=O)C(CC)OC(=O)c2cccc3ocnc23)cc1. The Labute approximate surface area is 166 Å². The minimum atomic E-state index is -0.991. The maximum atomic E-state index is 12.5. The van der Waals surface area contributed by atoms with Crippen molar-refractivity contribution in [3.8, 4) is 0 Å². The van der Waals surface area contributed by atoms with Crippen molar-refractivity contribution in [2.24, 2.45) is 0 Å². The topological polar surface area (TPSA) is 108 Å². The molecule has 0 radical (unpaired) electrons. The first kappa shape index (κ1) is 20.1. The highest BCUT2D eigenvalue weighted by Crippen LogP contribution is 2.19. The van der Waals surface area contributed by atoms with E-state index in [9.17, 15) is 14.4 Å². The van der Waals surface area contributed by atoms with Crippen LogP contribution in [-0.4, -0.2) is 35.5 Å². The van der Waals surface area contributed by atoms with Gasteiger partial charge in [0.25, 0.3) is 5.91 Å². The van der Waals surface area contributed by atoms with E-state index in [0.717, 1.165) is 0 Å². The third kappa shape index (κ3) is 4.60. The summed E-state index contributed by atoms with van der Waals surface area (Å²) in [5, 5.41) is 2.68. The molecule has 29 heavy (non-hydrogen) atoms. The van der Waals surface area contributed by atoms with Gasteiger partial charge in [-0.05, 0) is 49.7 Å². The third-order valence-corrected chi connectivity index (χ3v) is 4.16. The lowest BCUT2D eigenvalue weighted by atomic mass is 10.1. The van der Waals surface area contributed by atoms with Gasteiger partial charge in [-0.3, -0.25) is 4.79 Å². The molecule has 1 N–H and O–H groups in total. The van der Waals surface area contributed by atoms with Crippen molar-refractivity contribution in [1.29, 1.82) is 0 Å². The highest BCUT2D eigenvalue weighted by atomic mass is 16.5. The quantitative estimate of drug-likeness (QED) is 0.608. The van der Waals surface area contributed by atoms with E-state index in [4.69, 9.17) is 13.9 Å². The minimum absolute atomic E-state index is 0.223. The largest absolute Gasteiger partial charge is 0.462 e. The third-order valence-electron chi connectivity index (χ3n) is 4.16. The van der Waals surface area contributed by atoms with E-state index < -0.39 is 23.9 Å². The molecule has 0 aliphatic rings. The van der Waals surface area contributed by atoms with E-state index in [1.807, 2.05) is 0 Å². The molecule has 0 aliphatic carbocycles. The van der Waals surface area contributed by atoms with Gasteiger partial charge < -0.3 is 19.2 Å². The summed E-state index contributed by atoms with van der Waals surface area (Å²) in [6.07, 6.45) is 0.535. The number of nitrogens with one attached hydrogen (secondary N) is 1. The maximum absolute atomic E-state index is 12.5. The first-order chi connectivity index (χ1) is 14.0. The summed E-state index contributed by atoms with van der Waals surface area (Å²) in [4.78, 5) is 40.8. The molecular formula is C21H20N2O6. The van der Waals surface area contributed by atoms with Crippen LogP contribution in [0.1, 0.15) is 41.0 Å². The Morgan fingerprint density at radius 2 is 1.83 bits per heavy atom. The van der Waals surface area contributed by atoms with Gasteiger partial charge in [0.15, 0.2) is 18.1 Å². The molecule has 150 valence electrons. The number of para-hydroxylation sites is 1. The van der Waals surface area contributed by atoms with Gasteiger partial charge in [-0.1, -0.05) is 13.0 Å². The van der Waals surface area contributed by atoms with Crippen LogP contribution in [-0.2, 0) is 14.3 Å². The Balaban J connectivity index is 1.66. The zero-order valence-corrected chi connectivity index (χ0v) is 16.0. The van der Waals surface area contributed by atoms with Crippen LogP contribution < -0.4 is 5.32 Å². The van der Waals surface area contributed by atoms with Crippen molar-refractivity contribution in [1.82, 2.24) is 4.98 Å². The Kier molecular flexibility index (Phi) is 6.23. The summed E-state index contributed by atoms with van der Waals surface area (Å²) in [5.41, 5.74) is 1.91. The van der Waals surface area contributed by atoms with Crippen LogP contribution in [0.15, 0.2) is 53.3 Å². The predicted molar refractivity (Wildman–Crippen MR) is 105 cm³/mol. The minimum Gasteiger partial charge on any atom is -0.462 e. The molecule has 1 unspecified atom stereocenters. The average Bonchev–Trinajstić information content (AvgIpc) is 3.21. The van der Waals surface area contributed by atoms with Gasteiger partial charge in [0.2, 0.25) is 0 Å². The molecule has 0 saturated heterocycles. The molecule has 0 spiro atoms. The van der Waals surface area contributed by atoms with Gasteiger partial charge >= 0.3 is 11.9 Å². The molecule has 3 rings (SSSR count). The summed E-state index contributed by atoms with van der Waals surface area (Å²) in [6.45, 7) is 3.74. The number of esters is 2. The Morgan fingerprint density at radius 3 is 2.52 bits per heavy atom. The Morgan fingerprint density at radius 1 is 1.07 bits per heavy atom. The van der Waals surface area contributed by atoms with E-state index >= 15 is 0 Å². The van der Waals surface area contributed by atoms with Crippen molar-refractivity contribution in [3.05, 3.63) is 60.0 Å². The fourth-order valence-electron chi connectivity index (χ4n) is 2.69. The number of ether oxygens (including phenoxy) is 2. The normalized spacial score (nSPS) is 11.7. The van der Waals surface area contributed by atoms with Gasteiger partial charge in [-0.2, -0.15) is 0 Å². The molecule has 1 atom stereocenters. The van der Waals surface area contributed by atoms with Gasteiger partial charge in [-0.25, -0.2) is 14.6 Å². The van der Waals surface area contributed by atoms with Crippen LogP contribution in [0.25, 0.3) is 11.1 Å². The molecule has 0 bridgehead atoms. The standard InChI is InChI=1S/C21H20N2O6/c1-3-16(29-21(26)15-6-5-7-17-18(15)22-12-28-17)19(24)23-14-10-8-13(9-11-14)20(25)27-4-2/h5-12,16H,3-4H2,1-2H3,(H,23,24). The molecule has 0 aliphatic heterocycles. The monoisotopic (exact) mass is 396 g/mol. The van der Waals surface area contributed by atoms with Gasteiger partial charge in [0, 0.05) is 5.69 Å². The summed E-state index contributed by atoms with van der Waals surface area (Å²) < 4.78 is 15.5. The average molecular weight is 396 g/mol. The fraction of sp³-hybridized carbons (Fsp3) is 0.238. The van der Waals surface area contributed by atoms with Crippen LogP contribution in [0, 0.1) is 0 Å². The van der Waals surface area contributed by atoms with E-state index in [1.165, 1.54) is 6.39 Å². The highest BCUT2D eigenvalue weighted by Gasteiger charge is 2.24. The van der Waals surface area contributed by atoms with E-state index in [1.54, 1.807) is 56.3 Å². The van der Waals surface area contributed by atoms with Gasteiger partial charge in [-0.15, -0.1) is 0 Å². The molecule has 3 aromatic rings. The Hall–Kier alpha value is -3.68. The summed E-state index contributed by atoms with van der Waals surface area (Å²) in [6, 6.07) is 11.1. The van der Waals surface area contributed by atoms with E-state index in [2.05, 4.69) is 10.3 Å². The molecular weight excluding hydrogens is 376 g/mol. The second-order valence-electron chi connectivity index (χ2n) is 6.09. The number of aromatic nitrogens is 1. The molecule has 8 heteroatoms. The van der Waals surface area contributed by atoms with Crippen molar-refractivity contribution < 1.29 is 28.3 Å². The smallest absolute Gasteiger partial charge is 0.341 e. The lowest BCUT2D eigenvalue weighted by Crippen LogP contribution is -2.32. The van der Waals surface area contributed by atoms with Gasteiger partial charge in [0.05, 0.1) is 17.7 Å². The van der Waals surface area contributed by atoms with Crippen LogP contribution in [0.4, 0.5) is 5.69 Å². The number of hydrogen-bond donors (Lipinski definition) is 1. The number of rotatable bonds is 7. The number of carbonyl (C=O) groups is 3. The number of oxazole rings is 1. The number of carbonyl (C=O) groups excluding carboxylic acids is 3. The number of hydrogen-bond acceptors (Lipinski definition) is 7. The van der Waals surface area contributed by atoms with E-state index in [-0.39, 0.29) is 18.6 Å². The molecule has 0 saturated carbocycles. The van der Waals surface area contributed by atoms with Gasteiger partial charge in [0.1, 0.15) is 5.52 Å². The molecule has 2 aromatic carbocycles. The summed E-state index contributed by atoms with van der Waals surface area (Å²) in [5.74, 6) is -1.58. The van der Waals surface area contributed by atoms with Crippen molar-refractivity contribution in [2.45, 2.75) is 26.4 Å². The molecule has 1 aromatic heterocycles. The lowest BCUT2D eigenvalue weighted by molar-refractivity contribution is -0.124. The second-order valence-corrected chi connectivity index (χ2v) is 6.09. The second kappa shape index (κ2) is 9.01. The van der Waals surface area contributed by atoms with Crippen molar-refractivity contribution in [3.63, 3.8) is 0 Å². The molecule has 0 fully saturated rings. The molecule has 1 amide bonds. The summed E-state index contributed by atoms with van der Waals surface area (Å²) in [7, 11) is 0. The number of anilines is 1. The van der Waals surface area contributed by atoms with Crippen LogP contribution in [0.5, 0.6) is 0 Å². The maximum Gasteiger partial charge on any atom is 0.341 e. The number of benzene rings is 2. The molecule has 1 heterocycles. The number of fused-ring (bicyclic) bond motifs is 1. The lowest BCUT2D eigenvalue weighted by Gasteiger charge is -2.16. The van der Waals surface area contributed by atoms with Crippen LogP contribution in [0.3, 0.4) is 0 Å². The van der Waals surface area contributed by atoms with Crippen LogP contribution >= 0.6 is 0 Å². The summed E-state index contributed by atoms with van der Waals surface area (Å²) >= 11 is 0. The number of amides is 1. The zero-order valence-electron chi connectivity index (χ0n) is 16.0.